The molecule has 1 aromatic carbocycles. The predicted octanol–water partition coefficient (Wildman–Crippen LogP) is 4.44. The van der Waals surface area contributed by atoms with Crippen molar-refractivity contribution in [3.8, 4) is 17.3 Å². The Balaban J connectivity index is 1.56. The molecule has 0 radical (unpaired) electrons. The quantitative estimate of drug-likeness (QED) is 0.505. The Morgan fingerprint density at radius 3 is 2.59 bits per heavy atom. The first-order valence-electron chi connectivity index (χ1n) is 10.1. The first kappa shape index (κ1) is 17.8. The van der Waals surface area contributed by atoms with Crippen molar-refractivity contribution in [2.75, 3.05) is 0 Å². The van der Waals surface area contributed by atoms with Crippen LogP contribution in [0.15, 0.2) is 47.1 Å². The van der Waals surface area contributed by atoms with Gasteiger partial charge < -0.3 is 4.42 Å². The van der Waals surface area contributed by atoms with Gasteiger partial charge in [0.2, 0.25) is 0 Å². The number of nitrogens with zero attached hydrogens (tertiary/aromatic N) is 6. The van der Waals surface area contributed by atoms with E-state index >= 15 is 0 Å². The van der Waals surface area contributed by atoms with Crippen LogP contribution in [-0.2, 0) is 6.54 Å². The van der Waals surface area contributed by atoms with Crippen molar-refractivity contribution >= 4 is 0 Å². The minimum absolute atomic E-state index is 0.436. The Hall–Kier alpha value is -3.22. The Labute approximate surface area is 169 Å². The fourth-order valence-corrected chi connectivity index (χ4v) is 4.16. The van der Waals surface area contributed by atoms with Gasteiger partial charge >= 0.3 is 0 Å². The number of benzene rings is 1. The number of furan rings is 1. The highest BCUT2D eigenvalue weighted by Gasteiger charge is 2.25. The summed E-state index contributed by atoms with van der Waals surface area (Å²) in [5, 5.41) is 12.8. The third-order valence-corrected chi connectivity index (χ3v) is 5.47. The summed E-state index contributed by atoms with van der Waals surface area (Å²) in [4.78, 5) is 4.93. The summed E-state index contributed by atoms with van der Waals surface area (Å²) < 4.78 is 9.80. The standard InChI is InChI=1S/C22H24N6O/c1-15-11-16(2)13-18(12-15)28-22(24-21(25-28)17-5-3-4-6-17)20-8-7-19(29-20)14-27-10-9-23-26-27/h7-13,17H,3-6,14H2,1-2H3. The smallest absolute Gasteiger partial charge is 0.199 e. The van der Waals surface area contributed by atoms with Gasteiger partial charge in [-0.2, -0.15) is 5.10 Å². The summed E-state index contributed by atoms with van der Waals surface area (Å²) in [5.74, 6) is 3.64. The molecule has 0 aliphatic heterocycles. The number of hydrogen-bond donors (Lipinski definition) is 0. The highest BCUT2D eigenvalue weighted by atomic mass is 16.3. The van der Waals surface area contributed by atoms with Gasteiger partial charge in [0.15, 0.2) is 17.4 Å². The van der Waals surface area contributed by atoms with Crippen LogP contribution in [0.4, 0.5) is 0 Å². The number of aryl methyl sites for hydroxylation is 2. The monoisotopic (exact) mass is 388 g/mol. The van der Waals surface area contributed by atoms with E-state index in [1.165, 1.54) is 24.0 Å². The summed E-state index contributed by atoms with van der Waals surface area (Å²) in [5.41, 5.74) is 3.42. The molecule has 1 aliphatic carbocycles. The third kappa shape index (κ3) is 3.60. The molecule has 1 saturated carbocycles. The molecule has 0 atom stereocenters. The molecular weight excluding hydrogens is 364 g/mol. The van der Waals surface area contributed by atoms with Crippen LogP contribution in [0.1, 0.15) is 54.3 Å². The predicted molar refractivity (Wildman–Crippen MR) is 109 cm³/mol. The molecule has 0 bridgehead atoms. The van der Waals surface area contributed by atoms with Crippen LogP contribution in [0.3, 0.4) is 0 Å². The maximum Gasteiger partial charge on any atom is 0.199 e. The number of aromatic nitrogens is 6. The van der Waals surface area contributed by atoms with E-state index in [0.717, 1.165) is 41.7 Å². The minimum atomic E-state index is 0.436. The SMILES string of the molecule is Cc1cc(C)cc(-n2nc(C3CCCC3)nc2-c2ccc(Cn3ccnn3)o2)c1. The van der Waals surface area contributed by atoms with Crippen LogP contribution in [0, 0.1) is 13.8 Å². The lowest BCUT2D eigenvalue weighted by atomic mass is 10.1. The highest BCUT2D eigenvalue weighted by Crippen LogP contribution is 2.34. The molecule has 0 spiro atoms. The van der Waals surface area contributed by atoms with Gasteiger partial charge in [0.1, 0.15) is 12.3 Å². The molecule has 4 aromatic rings. The Morgan fingerprint density at radius 2 is 1.86 bits per heavy atom. The molecule has 3 aromatic heterocycles. The zero-order chi connectivity index (χ0) is 19.8. The van der Waals surface area contributed by atoms with Crippen molar-refractivity contribution in [3.63, 3.8) is 0 Å². The zero-order valence-corrected chi connectivity index (χ0v) is 16.7. The summed E-state index contributed by atoms with van der Waals surface area (Å²) >= 11 is 0. The second-order valence-electron chi connectivity index (χ2n) is 7.90. The normalized spacial score (nSPS) is 14.7. The summed E-state index contributed by atoms with van der Waals surface area (Å²) in [7, 11) is 0. The summed E-state index contributed by atoms with van der Waals surface area (Å²) in [6, 6.07) is 10.4. The van der Waals surface area contributed by atoms with Gasteiger partial charge in [-0.3, -0.25) is 0 Å². The average molecular weight is 388 g/mol. The molecule has 7 nitrogen and oxygen atoms in total. The van der Waals surface area contributed by atoms with E-state index in [9.17, 15) is 0 Å². The number of hydrogen-bond acceptors (Lipinski definition) is 5. The summed E-state index contributed by atoms with van der Waals surface area (Å²) in [6.45, 7) is 4.75. The molecule has 148 valence electrons. The van der Waals surface area contributed by atoms with Gasteiger partial charge in [-0.05, 0) is 62.1 Å². The Morgan fingerprint density at radius 1 is 1.07 bits per heavy atom. The lowest BCUT2D eigenvalue weighted by Gasteiger charge is -2.07. The Bertz CT molecular complexity index is 1100. The van der Waals surface area contributed by atoms with Crippen LogP contribution in [0.25, 0.3) is 17.3 Å². The molecule has 0 N–H and O–H groups in total. The molecule has 0 unspecified atom stereocenters. The molecule has 1 fully saturated rings. The molecule has 0 amide bonds. The molecule has 1 aliphatic rings. The van der Waals surface area contributed by atoms with E-state index in [1.54, 1.807) is 10.9 Å². The first-order chi connectivity index (χ1) is 14.2. The van der Waals surface area contributed by atoms with Gasteiger partial charge in [-0.1, -0.05) is 24.1 Å². The molecule has 3 heterocycles. The maximum atomic E-state index is 6.13. The Kier molecular flexibility index (Phi) is 4.50. The zero-order valence-electron chi connectivity index (χ0n) is 16.7. The second-order valence-corrected chi connectivity index (χ2v) is 7.90. The van der Waals surface area contributed by atoms with E-state index in [-0.39, 0.29) is 0 Å². The third-order valence-electron chi connectivity index (χ3n) is 5.47. The molecular formula is C22H24N6O. The van der Waals surface area contributed by atoms with Crippen molar-refractivity contribution in [1.29, 1.82) is 0 Å². The fourth-order valence-electron chi connectivity index (χ4n) is 4.16. The average Bonchev–Trinajstić information content (AvgIpc) is 3.47. The van der Waals surface area contributed by atoms with Gasteiger partial charge in [0.05, 0.1) is 11.9 Å². The van der Waals surface area contributed by atoms with Crippen LogP contribution in [0.2, 0.25) is 0 Å². The second kappa shape index (κ2) is 7.31. The molecule has 7 heteroatoms. The van der Waals surface area contributed by atoms with Gasteiger partial charge in [0, 0.05) is 12.1 Å². The van der Waals surface area contributed by atoms with Crippen LogP contribution >= 0.6 is 0 Å². The van der Waals surface area contributed by atoms with E-state index in [2.05, 4.69) is 42.4 Å². The molecule has 29 heavy (non-hydrogen) atoms. The van der Waals surface area contributed by atoms with E-state index < -0.39 is 0 Å². The van der Waals surface area contributed by atoms with Gasteiger partial charge in [0.25, 0.3) is 0 Å². The van der Waals surface area contributed by atoms with Crippen molar-refractivity contribution in [2.45, 2.75) is 52.0 Å². The van der Waals surface area contributed by atoms with Crippen LogP contribution < -0.4 is 0 Å². The van der Waals surface area contributed by atoms with E-state index in [4.69, 9.17) is 14.5 Å². The highest BCUT2D eigenvalue weighted by molar-refractivity contribution is 5.53. The lowest BCUT2D eigenvalue weighted by Crippen LogP contribution is -2.02. The van der Waals surface area contributed by atoms with Crippen molar-refractivity contribution in [1.82, 2.24) is 29.8 Å². The first-order valence-corrected chi connectivity index (χ1v) is 10.1. The largest absolute Gasteiger partial charge is 0.456 e. The van der Waals surface area contributed by atoms with Crippen molar-refractivity contribution in [2.24, 2.45) is 0 Å². The van der Waals surface area contributed by atoms with Crippen LogP contribution in [-0.4, -0.2) is 29.8 Å². The minimum Gasteiger partial charge on any atom is -0.456 e. The van der Waals surface area contributed by atoms with Crippen molar-refractivity contribution < 1.29 is 4.42 Å². The van der Waals surface area contributed by atoms with E-state index in [0.29, 0.717) is 12.5 Å². The van der Waals surface area contributed by atoms with Crippen LogP contribution in [0.5, 0.6) is 0 Å². The lowest BCUT2D eigenvalue weighted by molar-refractivity contribution is 0.481. The van der Waals surface area contributed by atoms with Gasteiger partial charge in [-0.25, -0.2) is 14.3 Å². The maximum absolute atomic E-state index is 6.13. The molecule has 5 rings (SSSR count). The molecule has 0 saturated heterocycles. The van der Waals surface area contributed by atoms with Crippen molar-refractivity contribution in [3.05, 3.63) is 65.4 Å². The van der Waals surface area contributed by atoms with E-state index in [1.807, 2.05) is 23.0 Å². The fraction of sp³-hybridized carbons (Fsp3) is 0.364. The van der Waals surface area contributed by atoms with Gasteiger partial charge in [-0.15, -0.1) is 5.10 Å². The number of rotatable bonds is 5. The topological polar surface area (TPSA) is 74.6 Å². The summed E-state index contributed by atoms with van der Waals surface area (Å²) in [6.07, 6.45) is 8.30.